The first-order valence-corrected chi connectivity index (χ1v) is 9.33. The van der Waals surface area contributed by atoms with Gasteiger partial charge in [-0.25, -0.2) is 0 Å². The Balaban J connectivity index is 1.52. The first-order valence-electron chi connectivity index (χ1n) is 8.95. The van der Waals surface area contributed by atoms with Gasteiger partial charge in [-0.15, -0.1) is 0 Å². The lowest BCUT2D eigenvalue weighted by Gasteiger charge is -2.27. The third-order valence-electron chi connectivity index (χ3n) is 4.88. The molecule has 3 rings (SSSR count). The van der Waals surface area contributed by atoms with Gasteiger partial charge in [-0.05, 0) is 49.9 Å². The van der Waals surface area contributed by atoms with Gasteiger partial charge in [0.05, 0.1) is 5.92 Å². The summed E-state index contributed by atoms with van der Waals surface area (Å²) in [5.41, 5.74) is 0.889. The van der Waals surface area contributed by atoms with Crippen LogP contribution in [0.3, 0.4) is 0 Å². The lowest BCUT2D eigenvalue weighted by atomic mass is 9.95. The van der Waals surface area contributed by atoms with Gasteiger partial charge < -0.3 is 14.8 Å². The molecule has 1 saturated carbocycles. The minimum Gasteiger partial charge on any atom is -0.492 e. The van der Waals surface area contributed by atoms with Gasteiger partial charge in [-0.3, -0.25) is 9.59 Å². The Bertz CT molecular complexity index is 642. The number of esters is 1. The lowest BCUT2D eigenvalue weighted by molar-refractivity contribution is -0.160. The van der Waals surface area contributed by atoms with Crippen LogP contribution in [-0.4, -0.2) is 30.6 Å². The van der Waals surface area contributed by atoms with Gasteiger partial charge in [0, 0.05) is 11.1 Å². The van der Waals surface area contributed by atoms with E-state index in [1.807, 2.05) is 0 Å². The molecule has 2 aliphatic rings. The Hall–Kier alpha value is -1.75. The van der Waals surface area contributed by atoms with Crippen LogP contribution in [0, 0.1) is 5.92 Å². The molecule has 0 radical (unpaired) electrons. The molecule has 0 aromatic heterocycles. The molecular formula is C19H24ClNO4. The van der Waals surface area contributed by atoms with Crippen LogP contribution in [-0.2, 0) is 20.7 Å². The number of carbonyl (C=O) groups is 2. The molecule has 136 valence electrons. The number of ether oxygens (including phenoxy) is 2. The molecule has 1 aromatic carbocycles. The topological polar surface area (TPSA) is 64.6 Å². The summed E-state index contributed by atoms with van der Waals surface area (Å²) in [6.45, 7) is 1.87. The zero-order valence-electron chi connectivity index (χ0n) is 14.4. The van der Waals surface area contributed by atoms with Crippen LogP contribution >= 0.6 is 11.6 Å². The van der Waals surface area contributed by atoms with Crippen LogP contribution in [0.4, 0.5) is 0 Å². The van der Waals surface area contributed by atoms with Gasteiger partial charge in [0.25, 0.3) is 5.91 Å². The molecule has 1 N–H and O–H groups in total. The highest BCUT2D eigenvalue weighted by Crippen LogP contribution is 2.30. The Labute approximate surface area is 153 Å². The van der Waals surface area contributed by atoms with Crippen molar-refractivity contribution in [1.82, 2.24) is 5.32 Å². The van der Waals surface area contributed by atoms with Crippen LogP contribution in [0.15, 0.2) is 18.2 Å². The number of fused-ring (bicyclic) bond motifs is 1. The van der Waals surface area contributed by atoms with Gasteiger partial charge in [0.15, 0.2) is 6.10 Å². The molecule has 0 unspecified atom stereocenters. The number of amides is 1. The summed E-state index contributed by atoms with van der Waals surface area (Å²) in [6.07, 6.45) is 5.22. The van der Waals surface area contributed by atoms with Crippen LogP contribution in [0.1, 0.15) is 44.6 Å². The van der Waals surface area contributed by atoms with E-state index in [1.165, 1.54) is 6.42 Å². The first-order chi connectivity index (χ1) is 12.0. The second-order valence-electron chi connectivity index (χ2n) is 6.89. The first kappa shape index (κ1) is 18.1. The lowest BCUT2D eigenvalue weighted by Crippen LogP contribution is -2.44. The zero-order valence-corrected chi connectivity index (χ0v) is 15.2. The second kappa shape index (κ2) is 8.09. The van der Waals surface area contributed by atoms with Crippen molar-refractivity contribution in [2.24, 2.45) is 5.92 Å². The largest absolute Gasteiger partial charge is 0.492 e. The zero-order chi connectivity index (χ0) is 17.8. The minimum absolute atomic E-state index is 0.203. The monoisotopic (exact) mass is 365 g/mol. The highest BCUT2D eigenvalue weighted by molar-refractivity contribution is 6.30. The van der Waals surface area contributed by atoms with Crippen LogP contribution in [0.2, 0.25) is 5.02 Å². The number of rotatable bonds is 4. The van der Waals surface area contributed by atoms with Gasteiger partial charge in [-0.2, -0.15) is 0 Å². The highest BCUT2D eigenvalue weighted by Gasteiger charge is 2.30. The molecule has 0 bridgehead atoms. The number of hydrogen-bond acceptors (Lipinski definition) is 4. The maximum Gasteiger partial charge on any atom is 0.313 e. The molecule has 5 nitrogen and oxygen atoms in total. The predicted molar refractivity (Wildman–Crippen MR) is 94.7 cm³/mol. The van der Waals surface area contributed by atoms with Crippen molar-refractivity contribution < 1.29 is 19.1 Å². The van der Waals surface area contributed by atoms with E-state index in [0.29, 0.717) is 11.4 Å². The van der Waals surface area contributed by atoms with E-state index in [1.54, 1.807) is 25.1 Å². The SMILES string of the molecule is C[C@@H](OC(=O)[C@H]1COc2ccc(Cl)cc2C1)C(=O)NC1CCCCC1. The van der Waals surface area contributed by atoms with Crippen molar-refractivity contribution in [3.8, 4) is 5.75 Å². The number of benzene rings is 1. The quantitative estimate of drug-likeness (QED) is 0.832. The molecule has 1 amide bonds. The van der Waals surface area contributed by atoms with E-state index in [-0.39, 0.29) is 18.6 Å². The number of halogens is 1. The summed E-state index contributed by atoms with van der Waals surface area (Å²) in [7, 11) is 0. The van der Waals surface area contributed by atoms with E-state index >= 15 is 0 Å². The van der Waals surface area contributed by atoms with Crippen LogP contribution in [0.5, 0.6) is 5.75 Å². The third-order valence-corrected chi connectivity index (χ3v) is 5.11. The van der Waals surface area contributed by atoms with Gasteiger partial charge in [0.1, 0.15) is 12.4 Å². The molecule has 1 heterocycles. The minimum atomic E-state index is -0.796. The maximum atomic E-state index is 12.4. The fourth-order valence-electron chi connectivity index (χ4n) is 3.40. The normalized spacial score (nSPS) is 21.6. The summed E-state index contributed by atoms with van der Waals surface area (Å²) in [4.78, 5) is 24.6. The molecule has 1 fully saturated rings. The van der Waals surface area contributed by atoms with E-state index in [2.05, 4.69) is 5.32 Å². The molecule has 6 heteroatoms. The summed E-state index contributed by atoms with van der Waals surface area (Å²) in [6, 6.07) is 5.57. The molecule has 2 atom stereocenters. The molecule has 1 aliphatic heterocycles. The van der Waals surface area contributed by atoms with E-state index in [9.17, 15) is 9.59 Å². The van der Waals surface area contributed by atoms with Gasteiger partial charge >= 0.3 is 5.97 Å². The summed E-state index contributed by atoms with van der Waals surface area (Å²) < 4.78 is 11.0. The molecule has 25 heavy (non-hydrogen) atoms. The van der Waals surface area contributed by atoms with Crippen LogP contribution in [0.25, 0.3) is 0 Å². The van der Waals surface area contributed by atoms with E-state index < -0.39 is 18.0 Å². The fraction of sp³-hybridized carbons (Fsp3) is 0.579. The standard InChI is InChI=1S/C19H24ClNO4/c1-12(18(22)21-16-5-3-2-4-6-16)25-19(23)14-9-13-10-15(20)7-8-17(13)24-11-14/h7-8,10,12,14,16H,2-6,9,11H2,1H3,(H,21,22)/t12-,14-/m1/s1. The van der Waals surface area contributed by atoms with Crippen molar-refractivity contribution >= 4 is 23.5 Å². The van der Waals surface area contributed by atoms with Crippen LogP contribution < -0.4 is 10.1 Å². The number of carbonyl (C=O) groups excluding carboxylic acids is 2. The summed E-state index contributed by atoms with van der Waals surface area (Å²) in [5.74, 6) is -0.301. The molecular weight excluding hydrogens is 342 g/mol. The summed E-state index contributed by atoms with van der Waals surface area (Å²) >= 11 is 6.00. The van der Waals surface area contributed by atoms with E-state index in [4.69, 9.17) is 21.1 Å². The molecule has 0 spiro atoms. The van der Waals surface area contributed by atoms with E-state index in [0.717, 1.165) is 37.0 Å². The van der Waals surface area contributed by atoms with Crippen molar-refractivity contribution in [2.75, 3.05) is 6.61 Å². The maximum absolute atomic E-state index is 12.4. The molecule has 1 aromatic rings. The Morgan fingerprint density at radius 2 is 2.04 bits per heavy atom. The Kier molecular flexibility index (Phi) is 5.84. The average molecular weight is 366 g/mol. The number of nitrogens with one attached hydrogen (secondary N) is 1. The molecule has 1 aliphatic carbocycles. The van der Waals surface area contributed by atoms with Crippen molar-refractivity contribution in [3.63, 3.8) is 0 Å². The van der Waals surface area contributed by atoms with Crippen molar-refractivity contribution in [1.29, 1.82) is 0 Å². The third kappa shape index (κ3) is 4.66. The number of hydrogen-bond donors (Lipinski definition) is 1. The fourth-order valence-corrected chi connectivity index (χ4v) is 3.60. The second-order valence-corrected chi connectivity index (χ2v) is 7.32. The predicted octanol–water partition coefficient (Wildman–Crippen LogP) is 3.27. The average Bonchev–Trinajstić information content (AvgIpc) is 2.61. The van der Waals surface area contributed by atoms with Gasteiger partial charge in [-0.1, -0.05) is 30.9 Å². The highest BCUT2D eigenvalue weighted by atomic mass is 35.5. The summed E-state index contributed by atoms with van der Waals surface area (Å²) in [5, 5.41) is 3.59. The van der Waals surface area contributed by atoms with Crippen molar-refractivity contribution in [3.05, 3.63) is 28.8 Å². The smallest absolute Gasteiger partial charge is 0.313 e. The van der Waals surface area contributed by atoms with Crippen molar-refractivity contribution in [2.45, 2.75) is 57.6 Å². The van der Waals surface area contributed by atoms with Gasteiger partial charge in [0.2, 0.25) is 0 Å². The molecule has 0 saturated heterocycles. The Morgan fingerprint density at radius 3 is 2.80 bits per heavy atom. The Morgan fingerprint density at radius 1 is 1.28 bits per heavy atom.